The number of rotatable bonds is 3. The molecule has 0 saturated heterocycles. The SMILES string of the molecule is CC1CCCC(NC(=O)CC(C)(C)N)C1. The summed E-state index contributed by atoms with van der Waals surface area (Å²) in [7, 11) is 0. The van der Waals surface area contributed by atoms with Crippen LogP contribution in [0.15, 0.2) is 0 Å². The molecule has 0 aromatic carbocycles. The third-order valence-corrected chi connectivity index (χ3v) is 2.92. The van der Waals surface area contributed by atoms with Crippen LogP contribution >= 0.6 is 0 Å². The topological polar surface area (TPSA) is 55.1 Å². The molecule has 0 aromatic heterocycles. The minimum Gasteiger partial charge on any atom is -0.353 e. The van der Waals surface area contributed by atoms with E-state index in [0.29, 0.717) is 12.5 Å². The van der Waals surface area contributed by atoms with Crippen molar-refractivity contribution in [2.75, 3.05) is 0 Å². The number of carbonyl (C=O) groups excluding carboxylic acids is 1. The number of amides is 1. The molecule has 3 heteroatoms. The zero-order valence-electron chi connectivity index (χ0n) is 10.2. The second kappa shape index (κ2) is 4.97. The smallest absolute Gasteiger partial charge is 0.222 e. The molecule has 88 valence electrons. The number of nitrogens with one attached hydrogen (secondary N) is 1. The lowest BCUT2D eigenvalue weighted by Crippen LogP contribution is -2.43. The van der Waals surface area contributed by atoms with E-state index in [2.05, 4.69) is 12.2 Å². The summed E-state index contributed by atoms with van der Waals surface area (Å²) in [5.74, 6) is 0.844. The van der Waals surface area contributed by atoms with Crippen molar-refractivity contribution in [2.45, 2.75) is 64.5 Å². The molecule has 3 nitrogen and oxygen atoms in total. The molecule has 0 aromatic rings. The van der Waals surface area contributed by atoms with Gasteiger partial charge >= 0.3 is 0 Å². The third-order valence-electron chi connectivity index (χ3n) is 2.92. The predicted molar refractivity (Wildman–Crippen MR) is 62.4 cm³/mol. The van der Waals surface area contributed by atoms with E-state index in [4.69, 9.17) is 5.73 Å². The summed E-state index contributed by atoms with van der Waals surface area (Å²) in [6.07, 6.45) is 5.20. The number of nitrogens with two attached hydrogens (primary N) is 1. The van der Waals surface area contributed by atoms with Crippen LogP contribution in [0, 0.1) is 5.92 Å². The molecule has 0 bridgehead atoms. The van der Waals surface area contributed by atoms with Gasteiger partial charge in [-0.05, 0) is 32.6 Å². The van der Waals surface area contributed by atoms with Crippen molar-refractivity contribution >= 4 is 5.91 Å². The first-order valence-electron chi connectivity index (χ1n) is 5.95. The molecular formula is C12H24N2O. The van der Waals surface area contributed by atoms with Crippen LogP contribution in [0.1, 0.15) is 52.9 Å². The maximum absolute atomic E-state index is 11.6. The Morgan fingerprint density at radius 1 is 1.47 bits per heavy atom. The Morgan fingerprint density at radius 3 is 2.67 bits per heavy atom. The molecule has 2 unspecified atom stereocenters. The monoisotopic (exact) mass is 212 g/mol. The standard InChI is InChI=1S/C12H24N2O/c1-9-5-4-6-10(7-9)14-11(15)8-12(2,3)13/h9-10H,4-8,13H2,1-3H3,(H,14,15). The van der Waals surface area contributed by atoms with E-state index < -0.39 is 5.54 Å². The van der Waals surface area contributed by atoms with Crippen LogP contribution in [0.25, 0.3) is 0 Å². The molecule has 1 aliphatic rings. The second-order valence-electron chi connectivity index (χ2n) is 5.70. The summed E-state index contributed by atoms with van der Waals surface area (Å²) in [5, 5.41) is 3.09. The van der Waals surface area contributed by atoms with Crippen molar-refractivity contribution in [3.8, 4) is 0 Å². The number of carbonyl (C=O) groups is 1. The van der Waals surface area contributed by atoms with Gasteiger partial charge in [0.2, 0.25) is 5.91 Å². The molecular weight excluding hydrogens is 188 g/mol. The van der Waals surface area contributed by atoms with Gasteiger partial charge in [0, 0.05) is 18.0 Å². The average molecular weight is 212 g/mol. The molecule has 1 saturated carbocycles. The summed E-state index contributed by atoms with van der Waals surface area (Å²) in [4.78, 5) is 11.6. The maximum Gasteiger partial charge on any atom is 0.222 e. The summed E-state index contributed by atoms with van der Waals surface area (Å²) >= 11 is 0. The Morgan fingerprint density at radius 2 is 2.13 bits per heavy atom. The van der Waals surface area contributed by atoms with Crippen LogP contribution in [0.5, 0.6) is 0 Å². The van der Waals surface area contributed by atoms with Crippen molar-refractivity contribution < 1.29 is 4.79 Å². The lowest BCUT2D eigenvalue weighted by molar-refractivity contribution is -0.123. The predicted octanol–water partition coefficient (Wildman–Crippen LogP) is 1.81. The van der Waals surface area contributed by atoms with Gasteiger partial charge in [0.1, 0.15) is 0 Å². The highest BCUT2D eigenvalue weighted by atomic mass is 16.1. The van der Waals surface area contributed by atoms with Crippen molar-refractivity contribution in [3.63, 3.8) is 0 Å². The molecule has 1 fully saturated rings. The second-order valence-corrected chi connectivity index (χ2v) is 5.70. The summed E-state index contributed by atoms with van der Waals surface area (Å²) in [6.45, 7) is 6.03. The van der Waals surface area contributed by atoms with Gasteiger partial charge in [-0.15, -0.1) is 0 Å². The normalized spacial score (nSPS) is 27.5. The van der Waals surface area contributed by atoms with Gasteiger partial charge in [-0.1, -0.05) is 19.8 Å². The largest absolute Gasteiger partial charge is 0.353 e. The van der Waals surface area contributed by atoms with Gasteiger partial charge in [0.15, 0.2) is 0 Å². The first-order chi connectivity index (χ1) is 6.87. The van der Waals surface area contributed by atoms with E-state index >= 15 is 0 Å². The van der Waals surface area contributed by atoms with E-state index in [0.717, 1.165) is 18.8 Å². The quantitative estimate of drug-likeness (QED) is 0.749. The molecule has 15 heavy (non-hydrogen) atoms. The van der Waals surface area contributed by atoms with E-state index in [1.807, 2.05) is 13.8 Å². The summed E-state index contributed by atoms with van der Waals surface area (Å²) in [5.41, 5.74) is 5.41. The minimum atomic E-state index is -0.398. The van der Waals surface area contributed by atoms with E-state index in [-0.39, 0.29) is 5.91 Å². The Hall–Kier alpha value is -0.570. The fraction of sp³-hybridized carbons (Fsp3) is 0.917. The van der Waals surface area contributed by atoms with Crippen LogP contribution in [0.4, 0.5) is 0 Å². The highest BCUT2D eigenvalue weighted by molar-refractivity contribution is 5.77. The van der Waals surface area contributed by atoms with Crippen LogP contribution in [0.3, 0.4) is 0 Å². The molecule has 0 aliphatic heterocycles. The molecule has 0 radical (unpaired) electrons. The lowest BCUT2D eigenvalue weighted by Gasteiger charge is -2.28. The van der Waals surface area contributed by atoms with Crippen LogP contribution < -0.4 is 11.1 Å². The Kier molecular flexibility index (Phi) is 4.14. The zero-order chi connectivity index (χ0) is 11.5. The number of hydrogen-bond donors (Lipinski definition) is 2. The molecule has 1 rings (SSSR count). The van der Waals surface area contributed by atoms with Crippen molar-refractivity contribution in [1.82, 2.24) is 5.32 Å². The van der Waals surface area contributed by atoms with Crippen LogP contribution in [-0.4, -0.2) is 17.5 Å². The molecule has 1 aliphatic carbocycles. The summed E-state index contributed by atoms with van der Waals surface area (Å²) in [6, 6.07) is 0.378. The van der Waals surface area contributed by atoms with Gasteiger partial charge in [-0.2, -0.15) is 0 Å². The lowest BCUT2D eigenvalue weighted by atomic mass is 9.87. The molecule has 1 amide bonds. The van der Waals surface area contributed by atoms with E-state index in [9.17, 15) is 4.79 Å². The molecule has 2 atom stereocenters. The van der Waals surface area contributed by atoms with E-state index in [1.54, 1.807) is 0 Å². The zero-order valence-corrected chi connectivity index (χ0v) is 10.2. The van der Waals surface area contributed by atoms with Crippen LogP contribution in [-0.2, 0) is 4.79 Å². The van der Waals surface area contributed by atoms with Gasteiger partial charge < -0.3 is 11.1 Å². The molecule has 3 N–H and O–H groups in total. The van der Waals surface area contributed by atoms with Crippen LogP contribution in [0.2, 0.25) is 0 Å². The molecule has 0 heterocycles. The Labute approximate surface area is 92.8 Å². The fourth-order valence-corrected chi connectivity index (χ4v) is 2.26. The maximum atomic E-state index is 11.6. The highest BCUT2D eigenvalue weighted by Gasteiger charge is 2.22. The number of hydrogen-bond acceptors (Lipinski definition) is 2. The van der Waals surface area contributed by atoms with E-state index in [1.165, 1.54) is 12.8 Å². The Balaban J connectivity index is 2.31. The molecule has 0 spiro atoms. The first kappa shape index (κ1) is 12.5. The average Bonchev–Trinajstić information content (AvgIpc) is 1.99. The van der Waals surface area contributed by atoms with Gasteiger partial charge in [-0.25, -0.2) is 0 Å². The Bertz CT molecular complexity index is 220. The van der Waals surface area contributed by atoms with Crippen molar-refractivity contribution in [1.29, 1.82) is 0 Å². The van der Waals surface area contributed by atoms with Crippen molar-refractivity contribution in [2.24, 2.45) is 11.7 Å². The fourth-order valence-electron chi connectivity index (χ4n) is 2.26. The van der Waals surface area contributed by atoms with Gasteiger partial charge in [0.05, 0.1) is 0 Å². The van der Waals surface area contributed by atoms with Gasteiger partial charge in [0.25, 0.3) is 0 Å². The highest BCUT2D eigenvalue weighted by Crippen LogP contribution is 2.23. The first-order valence-corrected chi connectivity index (χ1v) is 5.95. The third kappa shape index (κ3) is 5.17. The van der Waals surface area contributed by atoms with Gasteiger partial charge in [-0.3, -0.25) is 4.79 Å². The summed E-state index contributed by atoms with van der Waals surface area (Å²) < 4.78 is 0. The van der Waals surface area contributed by atoms with Crippen molar-refractivity contribution in [3.05, 3.63) is 0 Å². The minimum absolute atomic E-state index is 0.0987.